The second-order valence-electron chi connectivity index (χ2n) is 4.73. The summed E-state index contributed by atoms with van der Waals surface area (Å²) in [6.45, 7) is 2.20. The average Bonchev–Trinajstić information content (AvgIpc) is 2.97. The normalized spacial score (nSPS) is 10.4. The van der Waals surface area contributed by atoms with Crippen molar-refractivity contribution in [3.05, 3.63) is 41.3 Å². The topological polar surface area (TPSA) is 81.5 Å². The van der Waals surface area contributed by atoms with Crippen molar-refractivity contribution in [2.45, 2.75) is 24.7 Å². The van der Waals surface area contributed by atoms with Gasteiger partial charge in [0, 0.05) is 9.77 Å². The molecule has 22 heavy (non-hydrogen) atoms. The van der Waals surface area contributed by atoms with Gasteiger partial charge in [0.2, 0.25) is 0 Å². The highest BCUT2D eigenvalue weighted by Gasteiger charge is 2.09. The minimum absolute atomic E-state index is 0.214. The molecule has 6 heteroatoms. The van der Waals surface area contributed by atoms with Gasteiger partial charge in [-0.3, -0.25) is 4.79 Å². The summed E-state index contributed by atoms with van der Waals surface area (Å²) in [6, 6.07) is 12.1. The first-order valence-corrected chi connectivity index (χ1v) is 8.87. The van der Waals surface area contributed by atoms with Crippen LogP contribution in [0, 0.1) is 0 Å². The molecule has 2 rings (SSSR count). The summed E-state index contributed by atoms with van der Waals surface area (Å²) < 4.78 is 0. The van der Waals surface area contributed by atoms with Crippen LogP contribution in [0.5, 0.6) is 0 Å². The fourth-order valence-electron chi connectivity index (χ4n) is 1.83. The van der Waals surface area contributed by atoms with Gasteiger partial charge in [-0.2, -0.15) is 4.99 Å². The molecule has 116 valence electrons. The number of amides is 1. The molecule has 4 nitrogen and oxygen atoms in total. The number of benzene rings is 1. The lowest BCUT2D eigenvalue weighted by atomic mass is 10.2. The second-order valence-corrected chi connectivity index (χ2v) is 6.98. The van der Waals surface area contributed by atoms with Crippen molar-refractivity contribution in [1.29, 1.82) is 0 Å². The largest absolute Gasteiger partial charge is 0.370 e. The smallest absolute Gasteiger partial charge is 0.290 e. The number of carbonyl (C=O) groups excluding carboxylic acids is 1. The predicted molar refractivity (Wildman–Crippen MR) is 95.5 cm³/mol. The minimum atomic E-state index is -0.400. The third kappa shape index (κ3) is 4.61. The Morgan fingerprint density at radius 2 is 1.91 bits per heavy atom. The number of guanidine groups is 1. The second kappa shape index (κ2) is 8.00. The van der Waals surface area contributed by atoms with Crippen molar-refractivity contribution < 1.29 is 4.79 Å². The lowest BCUT2D eigenvalue weighted by Crippen LogP contribution is -2.24. The number of hydrogen-bond acceptors (Lipinski definition) is 3. The first-order valence-electron chi connectivity index (χ1n) is 7.07. The lowest BCUT2D eigenvalue weighted by Gasteiger charge is -2.02. The van der Waals surface area contributed by atoms with Crippen LogP contribution < -0.4 is 11.5 Å². The molecule has 1 amide bonds. The molecule has 4 N–H and O–H groups in total. The number of thiophene rings is 1. The van der Waals surface area contributed by atoms with E-state index >= 15 is 0 Å². The molecule has 0 unspecified atom stereocenters. The van der Waals surface area contributed by atoms with E-state index in [2.05, 4.69) is 36.2 Å². The van der Waals surface area contributed by atoms with Gasteiger partial charge in [0.05, 0.1) is 4.88 Å². The Hall–Kier alpha value is -1.79. The molecule has 0 spiro atoms. The van der Waals surface area contributed by atoms with E-state index in [1.807, 2.05) is 17.8 Å². The van der Waals surface area contributed by atoms with Gasteiger partial charge in [0.1, 0.15) is 0 Å². The highest BCUT2D eigenvalue weighted by atomic mass is 32.2. The van der Waals surface area contributed by atoms with Crippen LogP contribution in [0.4, 0.5) is 0 Å². The van der Waals surface area contributed by atoms with Gasteiger partial charge in [0.15, 0.2) is 5.96 Å². The Morgan fingerprint density at radius 1 is 1.18 bits per heavy atom. The van der Waals surface area contributed by atoms with E-state index in [-0.39, 0.29) is 5.96 Å². The van der Waals surface area contributed by atoms with E-state index in [9.17, 15) is 4.79 Å². The Morgan fingerprint density at radius 3 is 2.55 bits per heavy atom. The van der Waals surface area contributed by atoms with Crippen molar-refractivity contribution in [2.24, 2.45) is 16.5 Å². The molecule has 1 heterocycles. The lowest BCUT2D eigenvalue weighted by molar-refractivity contribution is 0.101. The van der Waals surface area contributed by atoms with Crippen LogP contribution >= 0.6 is 23.1 Å². The summed E-state index contributed by atoms with van der Waals surface area (Å²) in [5.74, 6) is 0.530. The van der Waals surface area contributed by atoms with Crippen molar-refractivity contribution in [3.8, 4) is 10.4 Å². The number of aliphatic imine (C=N–C) groups is 1. The molecule has 0 atom stereocenters. The molecular formula is C16H19N3OS2. The van der Waals surface area contributed by atoms with E-state index in [1.54, 1.807) is 6.07 Å². The van der Waals surface area contributed by atoms with Crippen molar-refractivity contribution in [2.75, 3.05) is 5.75 Å². The Bertz CT molecular complexity index is 658. The molecule has 0 aliphatic rings. The zero-order valence-corrected chi connectivity index (χ0v) is 14.0. The molecule has 0 saturated heterocycles. The first kappa shape index (κ1) is 16.6. The summed E-state index contributed by atoms with van der Waals surface area (Å²) in [6.07, 6.45) is 2.44. The Balaban J connectivity index is 2.07. The molecule has 2 aromatic rings. The fourth-order valence-corrected chi connectivity index (χ4v) is 3.72. The number of unbranched alkanes of at least 4 members (excludes halogenated alkanes) is 1. The summed E-state index contributed by atoms with van der Waals surface area (Å²) in [7, 11) is 0. The molecule has 0 saturated carbocycles. The van der Waals surface area contributed by atoms with Gasteiger partial charge in [-0.1, -0.05) is 25.5 Å². The van der Waals surface area contributed by atoms with Crippen LogP contribution in [-0.4, -0.2) is 17.6 Å². The maximum Gasteiger partial charge on any atom is 0.290 e. The van der Waals surface area contributed by atoms with Crippen LogP contribution in [0.2, 0.25) is 0 Å². The van der Waals surface area contributed by atoms with Crippen LogP contribution in [0.25, 0.3) is 10.4 Å². The zero-order valence-electron chi connectivity index (χ0n) is 12.4. The molecule has 1 aromatic heterocycles. The van der Waals surface area contributed by atoms with Gasteiger partial charge >= 0.3 is 0 Å². The number of carbonyl (C=O) groups is 1. The molecule has 0 fully saturated rings. The number of nitrogens with two attached hydrogens (primary N) is 2. The molecule has 0 radical (unpaired) electrons. The molecular weight excluding hydrogens is 314 g/mol. The van der Waals surface area contributed by atoms with Gasteiger partial charge in [-0.15, -0.1) is 23.1 Å². The third-order valence-electron chi connectivity index (χ3n) is 2.95. The molecule has 0 aliphatic heterocycles. The van der Waals surface area contributed by atoms with E-state index in [0.29, 0.717) is 4.88 Å². The zero-order chi connectivity index (χ0) is 15.9. The number of thioether (sulfide) groups is 1. The Labute approximate surface area is 138 Å². The number of rotatable bonds is 6. The van der Waals surface area contributed by atoms with Gasteiger partial charge in [-0.25, -0.2) is 0 Å². The molecule has 0 aliphatic carbocycles. The standard InChI is InChI=1S/C16H19N3OS2/c1-2-3-10-21-12-6-4-11(5-7-12)13-8-9-14(22-13)15(20)19-16(17)18/h4-9H,2-3,10H2,1H3,(H4,17,18,19,20). The maximum atomic E-state index is 11.8. The van der Waals surface area contributed by atoms with Crippen LogP contribution in [0.15, 0.2) is 46.3 Å². The average molecular weight is 333 g/mol. The summed E-state index contributed by atoms with van der Waals surface area (Å²) >= 11 is 3.26. The monoisotopic (exact) mass is 333 g/mol. The van der Waals surface area contributed by atoms with Crippen molar-refractivity contribution >= 4 is 35.0 Å². The highest BCUT2D eigenvalue weighted by molar-refractivity contribution is 7.99. The summed E-state index contributed by atoms with van der Waals surface area (Å²) in [5, 5.41) is 0. The quantitative estimate of drug-likeness (QED) is 0.365. The predicted octanol–water partition coefficient (Wildman–Crippen LogP) is 3.72. The van der Waals surface area contributed by atoms with E-state index < -0.39 is 5.91 Å². The maximum absolute atomic E-state index is 11.8. The van der Waals surface area contributed by atoms with Crippen LogP contribution in [-0.2, 0) is 0 Å². The van der Waals surface area contributed by atoms with Gasteiger partial charge < -0.3 is 11.5 Å². The minimum Gasteiger partial charge on any atom is -0.370 e. The summed E-state index contributed by atoms with van der Waals surface area (Å²) in [4.78, 5) is 18.1. The molecule has 0 bridgehead atoms. The van der Waals surface area contributed by atoms with Crippen molar-refractivity contribution in [3.63, 3.8) is 0 Å². The van der Waals surface area contributed by atoms with E-state index in [0.717, 1.165) is 16.2 Å². The first-order chi connectivity index (χ1) is 10.6. The SMILES string of the molecule is CCCCSc1ccc(-c2ccc(C(=O)N=C(N)N)s2)cc1. The van der Waals surface area contributed by atoms with E-state index in [4.69, 9.17) is 11.5 Å². The van der Waals surface area contributed by atoms with Crippen molar-refractivity contribution in [1.82, 2.24) is 0 Å². The fraction of sp³-hybridized carbons (Fsp3) is 0.250. The van der Waals surface area contributed by atoms with Crippen LogP contribution in [0.3, 0.4) is 0 Å². The van der Waals surface area contributed by atoms with Crippen LogP contribution in [0.1, 0.15) is 29.4 Å². The van der Waals surface area contributed by atoms with Gasteiger partial charge in [0.25, 0.3) is 5.91 Å². The van der Waals surface area contributed by atoms with E-state index in [1.165, 1.54) is 29.1 Å². The third-order valence-corrected chi connectivity index (χ3v) is 5.17. The highest BCUT2D eigenvalue weighted by Crippen LogP contribution is 2.30. The molecule has 1 aromatic carbocycles. The number of hydrogen-bond donors (Lipinski definition) is 2. The summed E-state index contributed by atoms with van der Waals surface area (Å²) in [5.41, 5.74) is 11.5. The number of nitrogens with zero attached hydrogens (tertiary/aromatic N) is 1. The Kier molecular flexibility index (Phi) is 6.03. The van der Waals surface area contributed by atoms with Gasteiger partial charge in [-0.05, 0) is 42.0 Å².